The van der Waals surface area contributed by atoms with Gasteiger partial charge < -0.3 is 15.0 Å². The molecule has 0 radical (unpaired) electrons. The van der Waals surface area contributed by atoms with Crippen LogP contribution in [0.4, 0.5) is 4.79 Å². The number of hydrogen-bond acceptors (Lipinski definition) is 4. The normalized spacial score (nSPS) is 19.7. The molecule has 1 atom stereocenters. The standard InChI is InChI=1S/C19H27N3O4/c1-13(2)10-19(3)17(24)22(18(25)20-19)12-16(23)21(4)11-14-8-6-7-9-15(14)26-5/h6-9,13H,10-12H2,1-5H3,(H,20,25). The summed E-state index contributed by atoms with van der Waals surface area (Å²) < 4.78 is 5.29. The van der Waals surface area contributed by atoms with Gasteiger partial charge in [-0.2, -0.15) is 0 Å². The van der Waals surface area contributed by atoms with Crippen LogP contribution in [0.2, 0.25) is 0 Å². The van der Waals surface area contributed by atoms with Gasteiger partial charge in [0.05, 0.1) is 7.11 Å². The fourth-order valence-corrected chi connectivity index (χ4v) is 3.28. The van der Waals surface area contributed by atoms with Crippen molar-refractivity contribution in [2.75, 3.05) is 20.7 Å². The minimum absolute atomic E-state index is 0.244. The number of benzene rings is 1. The summed E-state index contributed by atoms with van der Waals surface area (Å²) in [6, 6.07) is 6.90. The minimum Gasteiger partial charge on any atom is -0.496 e. The highest BCUT2D eigenvalue weighted by Gasteiger charge is 2.48. The smallest absolute Gasteiger partial charge is 0.325 e. The second-order valence-corrected chi connectivity index (χ2v) is 7.31. The molecule has 2 rings (SSSR count). The van der Waals surface area contributed by atoms with E-state index in [4.69, 9.17) is 4.74 Å². The molecule has 1 fully saturated rings. The van der Waals surface area contributed by atoms with Gasteiger partial charge in [-0.15, -0.1) is 0 Å². The van der Waals surface area contributed by atoms with Crippen molar-refractivity contribution < 1.29 is 19.1 Å². The van der Waals surface area contributed by atoms with Crippen LogP contribution in [0.1, 0.15) is 32.8 Å². The average Bonchev–Trinajstić information content (AvgIpc) is 2.77. The number of nitrogens with one attached hydrogen (secondary N) is 1. The zero-order chi connectivity index (χ0) is 19.5. The van der Waals surface area contributed by atoms with Crippen molar-refractivity contribution in [3.63, 3.8) is 0 Å². The molecule has 142 valence electrons. The predicted octanol–water partition coefficient (Wildman–Crippen LogP) is 2.01. The van der Waals surface area contributed by atoms with Crippen molar-refractivity contribution in [3.8, 4) is 5.75 Å². The van der Waals surface area contributed by atoms with E-state index < -0.39 is 11.6 Å². The maximum atomic E-state index is 12.6. The Kier molecular flexibility index (Phi) is 5.90. The highest BCUT2D eigenvalue weighted by molar-refractivity contribution is 6.08. The first-order valence-electron chi connectivity index (χ1n) is 8.68. The lowest BCUT2D eigenvalue weighted by Gasteiger charge is -2.24. The summed E-state index contributed by atoms with van der Waals surface area (Å²) in [6.07, 6.45) is 0.527. The topological polar surface area (TPSA) is 79.0 Å². The molecule has 1 aliphatic rings. The maximum absolute atomic E-state index is 12.6. The first-order chi connectivity index (χ1) is 12.2. The molecular weight excluding hydrogens is 334 g/mol. The molecule has 1 unspecified atom stereocenters. The molecule has 1 aromatic rings. The van der Waals surface area contributed by atoms with E-state index >= 15 is 0 Å². The van der Waals surface area contributed by atoms with Gasteiger partial charge in [-0.3, -0.25) is 14.5 Å². The first kappa shape index (κ1) is 19.8. The van der Waals surface area contributed by atoms with E-state index in [1.54, 1.807) is 21.1 Å². The number of carbonyl (C=O) groups is 3. The average molecular weight is 361 g/mol. The minimum atomic E-state index is -0.952. The van der Waals surface area contributed by atoms with Crippen LogP contribution in [-0.2, 0) is 16.1 Å². The molecule has 0 aliphatic carbocycles. The van der Waals surface area contributed by atoms with Gasteiger partial charge >= 0.3 is 6.03 Å². The van der Waals surface area contributed by atoms with Gasteiger partial charge in [-0.25, -0.2) is 4.79 Å². The van der Waals surface area contributed by atoms with E-state index in [2.05, 4.69) is 5.32 Å². The number of para-hydroxylation sites is 1. The number of rotatable bonds is 7. The number of ether oxygens (including phenoxy) is 1. The summed E-state index contributed by atoms with van der Waals surface area (Å²) in [6.45, 7) is 5.73. The summed E-state index contributed by atoms with van der Waals surface area (Å²) in [5.74, 6) is 0.267. The zero-order valence-corrected chi connectivity index (χ0v) is 16.0. The number of likely N-dealkylation sites (N-methyl/N-ethyl adjacent to an activating group) is 1. The molecule has 0 aromatic heterocycles. The Hall–Kier alpha value is -2.57. The van der Waals surface area contributed by atoms with Crippen LogP contribution in [0.25, 0.3) is 0 Å². The van der Waals surface area contributed by atoms with Crippen LogP contribution >= 0.6 is 0 Å². The zero-order valence-electron chi connectivity index (χ0n) is 16.0. The molecular formula is C19H27N3O4. The number of amides is 4. The SMILES string of the molecule is COc1ccccc1CN(C)C(=O)CN1C(=O)NC(C)(CC(C)C)C1=O. The lowest BCUT2D eigenvalue weighted by Crippen LogP contribution is -2.46. The van der Waals surface area contributed by atoms with Crippen LogP contribution in [0.15, 0.2) is 24.3 Å². The van der Waals surface area contributed by atoms with Gasteiger partial charge in [0.25, 0.3) is 5.91 Å². The summed E-state index contributed by atoms with van der Waals surface area (Å²) in [4.78, 5) is 39.9. The van der Waals surface area contributed by atoms with Gasteiger partial charge in [0.2, 0.25) is 5.91 Å². The summed E-state index contributed by atoms with van der Waals surface area (Å²) >= 11 is 0. The molecule has 0 saturated carbocycles. The third kappa shape index (κ3) is 4.15. The lowest BCUT2D eigenvalue weighted by atomic mass is 9.91. The Morgan fingerprint density at radius 3 is 2.58 bits per heavy atom. The molecule has 1 aromatic carbocycles. The maximum Gasteiger partial charge on any atom is 0.325 e. The fourth-order valence-electron chi connectivity index (χ4n) is 3.28. The van der Waals surface area contributed by atoms with Crippen LogP contribution in [0, 0.1) is 5.92 Å². The Balaban J connectivity index is 2.04. The first-order valence-corrected chi connectivity index (χ1v) is 8.68. The van der Waals surface area contributed by atoms with Crippen LogP contribution < -0.4 is 10.1 Å². The molecule has 1 heterocycles. The Morgan fingerprint density at radius 2 is 1.96 bits per heavy atom. The van der Waals surface area contributed by atoms with Crippen molar-refractivity contribution in [2.45, 2.75) is 39.3 Å². The van der Waals surface area contributed by atoms with Gasteiger partial charge in [0.15, 0.2) is 0 Å². The van der Waals surface area contributed by atoms with E-state index in [9.17, 15) is 14.4 Å². The summed E-state index contributed by atoms with van der Waals surface area (Å²) in [5, 5.41) is 2.72. The fraction of sp³-hybridized carbons (Fsp3) is 0.526. The number of carbonyl (C=O) groups excluding carboxylic acids is 3. The number of hydrogen-bond donors (Lipinski definition) is 1. The van der Waals surface area contributed by atoms with Crippen molar-refractivity contribution in [2.24, 2.45) is 5.92 Å². The van der Waals surface area contributed by atoms with Crippen LogP contribution in [0.3, 0.4) is 0 Å². The number of methoxy groups -OCH3 is 1. The lowest BCUT2D eigenvalue weighted by molar-refractivity contribution is -0.138. The molecule has 1 aliphatic heterocycles. The van der Waals surface area contributed by atoms with E-state index in [1.165, 1.54) is 4.90 Å². The van der Waals surface area contributed by atoms with E-state index in [0.29, 0.717) is 18.7 Å². The Labute approximate surface area is 154 Å². The Bertz CT molecular complexity index is 704. The van der Waals surface area contributed by atoms with E-state index in [0.717, 1.165) is 10.5 Å². The predicted molar refractivity (Wildman–Crippen MR) is 97.6 cm³/mol. The number of imide groups is 1. The molecule has 26 heavy (non-hydrogen) atoms. The quantitative estimate of drug-likeness (QED) is 0.754. The third-order valence-electron chi connectivity index (χ3n) is 4.48. The molecule has 1 N–H and O–H groups in total. The number of nitrogens with zero attached hydrogens (tertiary/aromatic N) is 2. The van der Waals surface area contributed by atoms with Gasteiger partial charge in [0.1, 0.15) is 17.8 Å². The van der Waals surface area contributed by atoms with Gasteiger partial charge in [-0.1, -0.05) is 32.0 Å². The largest absolute Gasteiger partial charge is 0.496 e. The van der Waals surface area contributed by atoms with E-state index in [1.807, 2.05) is 38.1 Å². The van der Waals surface area contributed by atoms with Crippen molar-refractivity contribution in [1.29, 1.82) is 0 Å². The molecule has 7 heteroatoms. The second-order valence-electron chi connectivity index (χ2n) is 7.31. The molecule has 0 spiro atoms. The molecule has 4 amide bonds. The molecule has 0 bridgehead atoms. The van der Waals surface area contributed by atoms with Crippen LogP contribution in [-0.4, -0.2) is 53.9 Å². The summed E-state index contributed by atoms with van der Waals surface area (Å²) in [5.41, 5.74) is -0.0973. The monoisotopic (exact) mass is 361 g/mol. The van der Waals surface area contributed by atoms with Gasteiger partial charge in [-0.05, 0) is 25.3 Å². The molecule has 7 nitrogen and oxygen atoms in total. The van der Waals surface area contributed by atoms with Crippen molar-refractivity contribution in [3.05, 3.63) is 29.8 Å². The highest BCUT2D eigenvalue weighted by Crippen LogP contribution is 2.25. The van der Waals surface area contributed by atoms with E-state index in [-0.39, 0.29) is 24.3 Å². The molecule has 1 saturated heterocycles. The number of urea groups is 1. The third-order valence-corrected chi connectivity index (χ3v) is 4.48. The van der Waals surface area contributed by atoms with Crippen molar-refractivity contribution >= 4 is 17.8 Å². The summed E-state index contributed by atoms with van der Waals surface area (Å²) in [7, 11) is 3.21. The van der Waals surface area contributed by atoms with Crippen molar-refractivity contribution in [1.82, 2.24) is 15.1 Å². The van der Waals surface area contributed by atoms with Gasteiger partial charge in [0, 0.05) is 19.2 Å². The van der Waals surface area contributed by atoms with Crippen LogP contribution in [0.5, 0.6) is 5.75 Å². The Morgan fingerprint density at radius 1 is 1.31 bits per heavy atom. The second kappa shape index (κ2) is 7.76. The highest BCUT2D eigenvalue weighted by atomic mass is 16.5.